The van der Waals surface area contributed by atoms with Crippen LogP contribution in [0.15, 0.2) is 11.8 Å². The second kappa shape index (κ2) is 11.5. The number of rotatable bonds is 14. The van der Waals surface area contributed by atoms with E-state index in [0.29, 0.717) is 12.2 Å². The van der Waals surface area contributed by atoms with Gasteiger partial charge in [-0.2, -0.15) is 0 Å². The topological polar surface area (TPSA) is 98.3 Å². The average Bonchev–Trinajstić information content (AvgIpc) is 3.50. The van der Waals surface area contributed by atoms with E-state index in [1.54, 1.807) is 113 Å². The molecule has 0 radical (unpaired) electrons. The first-order valence-electron chi connectivity index (χ1n) is 13.4. The molecule has 12 nitrogen and oxygen atoms in total. The maximum absolute atomic E-state index is 13.9. The first kappa shape index (κ1) is 33.4. The number of hydrogen-bond donors (Lipinski definition) is 0. The normalized spacial score (nSPS) is 29.5. The lowest BCUT2D eigenvalue weighted by Gasteiger charge is -2.49. The van der Waals surface area contributed by atoms with Crippen molar-refractivity contribution in [2.45, 2.75) is 25.7 Å². The molecule has 0 saturated heterocycles. The van der Waals surface area contributed by atoms with E-state index in [1.165, 1.54) is 0 Å². The summed E-state index contributed by atoms with van der Waals surface area (Å²) in [4.78, 5) is 0. The van der Waals surface area contributed by atoms with Crippen molar-refractivity contribution in [3.63, 3.8) is 0 Å². The molecule has 4 atom stereocenters. The summed E-state index contributed by atoms with van der Waals surface area (Å²) in [5, 5.41) is 0. The van der Waals surface area contributed by atoms with Gasteiger partial charge in [0.2, 0.25) is 0 Å². The summed E-state index contributed by atoms with van der Waals surface area (Å²) in [6.45, 7) is 0.414. The molecule has 39 heavy (non-hydrogen) atoms. The largest absolute Gasteiger partial charge is 0.427 e. The fourth-order valence-corrected chi connectivity index (χ4v) is 11.5. The van der Waals surface area contributed by atoms with Gasteiger partial charge in [-0.1, -0.05) is 0 Å². The summed E-state index contributed by atoms with van der Waals surface area (Å²) in [6, 6.07) is 0. The molecular formula is C24H51N6O6P3. The van der Waals surface area contributed by atoms with Crippen LogP contribution in [0.25, 0.3) is 0 Å². The lowest BCUT2D eigenvalue weighted by molar-refractivity contribution is -0.0464. The van der Waals surface area contributed by atoms with Crippen LogP contribution in [0.2, 0.25) is 0 Å². The third-order valence-corrected chi connectivity index (χ3v) is 16.5. The molecule has 2 saturated carbocycles. The van der Waals surface area contributed by atoms with Crippen molar-refractivity contribution in [3.05, 3.63) is 11.8 Å². The third-order valence-electron chi connectivity index (χ3n) is 9.01. The van der Waals surface area contributed by atoms with Crippen LogP contribution in [-0.2, 0) is 27.3 Å². The Morgan fingerprint density at radius 1 is 0.667 bits per heavy atom. The average molecular weight is 613 g/mol. The SMILES string of the molecule is CN(C)P(=O)(OC[C@]12CC(OP(=O)(N(C)C)N(C)C)=C[C@@]1(COP(=O)(N(C)C)N(C)C)[C@H]1CC[C@H]2C1)N(C)C. The Bertz CT molecular complexity index is 1050. The van der Waals surface area contributed by atoms with E-state index < -0.39 is 33.8 Å². The lowest BCUT2D eigenvalue weighted by atomic mass is 9.58. The van der Waals surface area contributed by atoms with E-state index in [4.69, 9.17) is 13.6 Å². The van der Waals surface area contributed by atoms with Crippen molar-refractivity contribution < 1.29 is 27.3 Å². The van der Waals surface area contributed by atoms with Crippen LogP contribution in [0, 0.1) is 22.7 Å². The lowest BCUT2D eigenvalue weighted by Crippen LogP contribution is -2.49. The molecular weight excluding hydrogens is 561 g/mol. The van der Waals surface area contributed by atoms with Gasteiger partial charge in [-0.05, 0) is 122 Å². The van der Waals surface area contributed by atoms with Gasteiger partial charge in [0.05, 0.1) is 13.2 Å². The Hall–Kier alpha value is -0.0900. The van der Waals surface area contributed by atoms with Gasteiger partial charge in [-0.15, -0.1) is 0 Å². The highest BCUT2D eigenvalue weighted by molar-refractivity contribution is 7.54. The molecule has 15 heteroatoms. The molecule has 0 aliphatic heterocycles. The fourth-order valence-electron chi connectivity index (χ4n) is 6.86. The molecule has 2 fully saturated rings. The van der Waals surface area contributed by atoms with Crippen LogP contribution in [0.1, 0.15) is 25.7 Å². The molecule has 0 aromatic heterocycles. The molecule has 2 bridgehead atoms. The van der Waals surface area contributed by atoms with E-state index in [9.17, 15) is 13.7 Å². The molecule has 3 aliphatic rings. The zero-order valence-electron chi connectivity index (χ0n) is 25.9. The van der Waals surface area contributed by atoms with Gasteiger partial charge >= 0.3 is 23.0 Å². The molecule has 0 spiro atoms. The van der Waals surface area contributed by atoms with Crippen LogP contribution in [0.3, 0.4) is 0 Å². The third kappa shape index (κ3) is 5.43. The molecule has 0 N–H and O–H groups in total. The minimum atomic E-state index is -3.32. The predicted octanol–water partition coefficient (Wildman–Crippen LogP) is 4.42. The summed E-state index contributed by atoms with van der Waals surface area (Å²) in [5.41, 5.74) is -1.07. The Kier molecular flexibility index (Phi) is 9.88. The second-order valence-corrected chi connectivity index (χ2v) is 20.8. The maximum Gasteiger partial charge on any atom is 0.394 e. The molecule has 0 amide bonds. The fraction of sp³-hybridized carbons (Fsp3) is 0.917. The minimum Gasteiger partial charge on any atom is -0.427 e. The number of nitrogens with zero attached hydrogens (tertiary/aromatic N) is 6. The van der Waals surface area contributed by atoms with Gasteiger partial charge in [-0.3, -0.25) is 9.13 Å². The van der Waals surface area contributed by atoms with Crippen molar-refractivity contribution >= 4 is 23.0 Å². The molecule has 0 heterocycles. The number of allylic oxidation sites excluding steroid dienone is 1. The summed E-state index contributed by atoms with van der Waals surface area (Å²) < 4.78 is 70.5. The molecule has 228 valence electrons. The molecule has 3 aliphatic carbocycles. The van der Waals surface area contributed by atoms with Gasteiger partial charge in [0.15, 0.2) is 0 Å². The summed E-state index contributed by atoms with van der Waals surface area (Å²) in [6.07, 6.45) is 5.58. The molecule has 0 unspecified atom stereocenters. The van der Waals surface area contributed by atoms with Crippen LogP contribution in [0.5, 0.6) is 0 Å². The molecule has 3 rings (SSSR count). The van der Waals surface area contributed by atoms with Crippen LogP contribution in [-0.4, -0.2) is 126 Å². The van der Waals surface area contributed by atoms with E-state index >= 15 is 0 Å². The Morgan fingerprint density at radius 2 is 1.08 bits per heavy atom. The van der Waals surface area contributed by atoms with Crippen LogP contribution >= 0.6 is 23.0 Å². The zero-order valence-corrected chi connectivity index (χ0v) is 28.6. The van der Waals surface area contributed by atoms with Gasteiger partial charge in [0.25, 0.3) is 0 Å². The van der Waals surface area contributed by atoms with Crippen molar-refractivity contribution in [1.29, 1.82) is 0 Å². The standard InChI is InChI=1S/C24H51N6O6P3/c1-25(2)37(31,26(3)4)34-18-23-16-22(36-39(33,29(9)10)30(11)12)17-24(23,21-14-13-20(23)15-21)19-35-38(32,27(5)6)28(7)8/h16,20-21H,13-15,17-19H2,1-12H3/t20-,21-,23+,24-/m0/s1. The van der Waals surface area contributed by atoms with E-state index in [-0.39, 0.29) is 25.0 Å². The Morgan fingerprint density at radius 3 is 1.51 bits per heavy atom. The van der Waals surface area contributed by atoms with Gasteiger partial charge in [-0.25, -0.2) is 32.6 Å². The van der Waals surface area contributed by atoms with E-state index in [1.807, 2.05) is 0 Å². The predicted molar refractivity (Wildman–Crippen MR) is 156 cm³/mol. The van der Waals surface area contributed by atoms with Gasteiger partial charge in [0.1, 0.15) is 5.76 Å². The van der Waals surface area contributed by atoms with E-state index in [2.05, 4.69) is 6.08 Å². The second-order valence-electron chi connectivity index (χ2n) is 12.4. The highest BCUT2D eigenvalue weighted by atomic mass is 31.2. The van der Waals surface area contributed by atoms with Crippen LogP contribution < -0.4 is 0 Å². The van der Waals surface area contributed by atoms with Gasteiger partial charge in [0, 0.05) is 17.3 Å². The van der Waals surface area contributed by atoms with Gasteiger partial charge < -0.3 is 13.6 Å². The Labute approximate surface area is 236 Å². The van der Waals surface area contributed by atoms with Crippen molar-refractivity contribution in [2.24, 2.45) is 22.7 Å². The number of hydrogen-bond acceptors (Lipinski definition) is 6. The van der Waals surface area contributed by atoms with Crippen molar-refractivity contribution in [1.82, 2.24) is 28.0 Å². The number of fused-ring (bicyclic) bond motifs is 5. The highest BCUT2D eigenvalue weighted by Gasteiger charge is 2.70. The first-order valence-corrected chi connectivity index (χ1v) is 18.0. The summed E-state index contributed by atoms with van der Waals surface area (Å²) in [5.74, 6) is 1.15. The Balaban J connectivity index is 2.11. The van der Waals surface area contributed by atoms with Crippen LogP contribution in [0.4, 0.5) is 0 Å². The summed E-state index contributed by atoms with van der Waals surface area (Å²) >= 11 is 0. The van der Waals surface area contributed by atoms with Crippen molar-refractivity contribution in [3.8, 4) is 0 Å². The van der Waals surface area contributed by atoms with E-state index in [0.717, 1.165) is 19.3 Å². The van der Waals surface area contributed by atoms with Crippen molar-refractivity contribution in [2.75, 3.05) is 97.8 Å². The minimum absolute atomic E-state index is 0.195. The summed E-state index contributed by atoms with van der Waals surface area (Å²) in [7, 11) is 11.1. The zero-order chi connectivity index (χ0) is 29.8. The smallest absolute Gasteiger partial charge is 0.394 e. The molecule has 0 aromatic carbocycles. The maximum atomic E-state index is 13.9. The monoisotopic (exact) mass is 612 g/mol. The molecule has 0 aromatic rings. The quantitative estimate of drug-likeness (QED) is 0.260. The highest BCUT2D eigenvalue weighted by Crippen LogP contribution is 2.75. The first-order chi connectivity index (χ1) is 17.8.